The van der Waals surface area contributed by atoms with E-state index in [-0.39, 0.29) is 0 Å². The molecule has 2 aliphatic rings. The van der Waals surface area contributed by atoms with Crippen LogP contribution in [0, 0.1) is 0 Å². The summed E-state index contributed by atoms with van der Waals surface area (Å²) in [5, 5.41) is 0. The van der Waals surface area contributed by atoms with Gasteiger partial charge in [0.2, 0.25) is 0 Å². The summed E-state index contributed by atoms with van der Waals surface area (Å²) in [6.07, 6.45) is 4.10. The summed E-state index contributed by atoms with van der Waals surface area (Å²) in [6.45, 7) is 6.92. The van der Waals surface area contributed by atoms with E-state index in [0.717, 1.165) is 25.5 Å². The van der Waals surface area contributed by atoms with Crippen molar-refractivity contribution >= 4 is 0 Å². The van der Waals surface area contributed by atoms with Crippen molar-refractivity contribution in [1.82, 2.24) is 4.90 Å². The molecule has 3 atom stereocenters. The largest absolute Gasteiger partial charge is 0.376 e. The molecule has 1 saturated heterocycles. The van der Waals surface area contributed by atoms with Gasteiger partial charge in [0.25, 0.3) is 0 Å². The summed E-state index contributed by atoms with van der Waals surface area (Å²) in [4.78, 5) is 2.59. The lowest BCUT2D eigenvalue weighted by molar-refractivity contribution is -0.0720. The second kappa shape index (κ2) is 6.47. The van der Waals surface area contributed by atoms with Gasteiger partial charge in [-0.05, 0) is 43.2 Å². The fraction of sp³-hybridized carbons (Fsp3) is 0.667. The molecule has 1 heterocycles. The Labute approximate surface area is 128 Å². The number of rotatable bonds is 5. The molecule has 0 aromatic heterocycles. The van der Waals surface area contributed by atoms with Crippen LogP contribution >= 0.6 is 0 Å². The van der Waals surface area contributed by atoms with Crippen LogP contribution in [-0.4, -0.2) is 36.7 Å². The van der Waals surface area contributed by atoms with E-state index >= 15 is 0 Å². The van der Waals surface area contributed by atoms with Crippen LogP contribution in [0.5, 0.6) is 0 Å². The van der Waals surface area contributed by atoms with E-state index in [1.165, 1.54) is 24.0 Å². The zero-order valence-electron chi connectivity index (χ0n) is 13.3. The predicted molar refractivity (Wildman–Crippen MR) is 86.4 cm³/mol. The van der Waals surface area contributed by atoms with E-state index in [1.807, 2.05) is 0 Å². The third kappa shape index (κ3) is 3.15. The highest BCUT2D eigenvalue weighted by atomic mass is 16.5. The maximum Gasteiger partial charge on any atom is 0.0675 e. The van der Waals surface area contributed by atoms with Crippen LogP contribution in [-0.2, 0) is 4.74 Å². The molecule has 0 amide bonds. The van der Waals surface area contributed by atoms with Crippen LogP contribution in [0.1, 0.15) is 56.2 Å². The molecule has 3 unspecified atom stereocenters. The van der Waals surface area contributed by atoms with Gasteiger partial charge in [-0.15, -0.1) is 0 Å². The molecule has 1 aromatic rings. The van der Waals surface area contributed by atoms with E-state index < -0.39 is 0 Å². The first-order valence-corrected chi connectivity index (χ1v) is 8.40. The van der Waals surface area contributed by atoms with Crippen molar-refractivity contribution in [2.45, 2.75) is 57.2 Å². The van der Waals surface area contributed by atoms with Crippen molar-refractivity contribution in [2.75, 3.05) is 19.7 Å². The number of morpholine rings is 1. The second-order valence-electron chi connectivity index (χ2n) is 6.56. The molecule has 1 aliphatic heterocycles. The number of benzene rings is 1. The minimum Gasteiger partial charge on any atom is -0.376 e. The van der Waals surface area contributed by atoms with Crippen LogP contribution in [0.3, 0.4) is 0 Å². The summed E-state index contributed by atoms with van der Waals surface area (Å²) >= 11 is 0. The number of nitrogens with zero attached hydrogens (tertiary/aromatic N) is 1. The maximum atomic E-state index is 6.20. The summed E-state index contributed by atoms with van der Waals surface area (Å²) in [5.74, 6) is 0.772. The topological polar surface area (TPSA) is 38.5 Å². The fourth-order valence-corrected chi connectivity index (χ4v) is 3.63. The van der Waals surface area contributed by atoms with Gasteiger partial charge < -0.3 is 10.5 Å². The molecule has 2 N–H and O–H groups in total. The van der Waals surface area contributed by atoms with Crippen LogP contribution in [0.25, 0.3) is 0 Å². The fourth-order valence-electron chi connectivity index (χ4n) is 3.63. The van der Waals surface area contributed by atoms with Crippen LogP contribution in [0.2, 0.25) is 0 Å². The van der Waals surface area contributed by atoms with E-state index in [4.69, 9.17) is 10.5 Å². The van der Waals surface area contributed by atoms with Gasteiger partial charge in [-0.3, -0.25) is 4.90 Å². The number of hydrogen-bond donors (Lipinski definition) is 1. The first-order chi connectivity index (χ1) is 10.2. The van der Waals surface area contributed by atoms with E-state index in [1.54, 1.807) is 0 Å². The number of ether oxygens (including phenoxy) is 1. The van der Waals surface area contributed by atoms with Crippen molar-refractivity contribution < 1.29 is 4.74 Å². The van der Waals surface area contributed by atoms with Crippen LogP contribution in [0.4, 0.5) is 0 Å². The van der Waals surface area contributed by atoms with Gasteiger partial charge in [0, 0.05) is 25.2 Å². The Balaban J connectivity index is 1.89. The Bertz CT molecular complexity index is 472. The highest BCUT2D eigenvalue weighted by Gasteiger charge is 2.34. The number of nitrogens with two attached hydrogens (primary N) is 1. The average molecular weight is 288 g/mol. The Morgan fingerprint density at radius 3 is 2.76 bits per heavy atom. The first-order valence-electron chi connectivity index (χ1n) is 8.40. The molecule has 1 saturated carbocycles. The molecule has 0 radical (unpaired) electrons. The summed E-state index contributed by atoms with van der Waals surface area (Å²) < 4.78 is 5.85. The van der Waals surface area contributed by atoms with Crippen molar-refractivity contribution in [3.05, 3.63) is 35.4 Å². The van der Waals surface area contributed by atoms with Gasteiger partial charge in [0.05, 0.1) is 12.7 Å². The minimum absolute atomic E-state index is 0.301. The molecule has 1 aliphatic carbocycles. The minimum atomic E-state index is 0.301. The molecule has 3 rings (SSSR count). The maximum absolute atomic E-state index is 6.20. The molecule has 0 bridgehead atoms. The van der Waals surface area contributed by atoms with Crippen molar-refractivity contribution in [3.63, 3.8) is 0 Å². The van der Waals surface area contributed by atoms with Crippen molar-refractivity contribution in [1.29, 1.82) is 0 Å². The molecular formula is C18H28N2O. The van der Waals surface area contributed by atoms with E-state index in [0.29, 0.717) is 24.7 Å². The Morgan fingerprint density at radius 1 is 1.33 bits per heavy atom. The average Bonchev–Trinajstić information content (AvgIpc) is 3.34. The van der Waals surface area contributed by atoms with Crippen molar-refractivity contribution in [2.24, 2.45) is 5.73 Å². The highest BCUT2D eigenvalue weighted by Crippen LogP contribution is 2.44. The molecule has 3 heteroatoms. The van der Waals surface area contributed by atoms with Gasteiger partial charge in [-0.2, -0.15) is 0 Å². The number of hydrogen-bond acceptors (Lipinski definition) is 3. The third-order valence-electron chi connectivity index (χ3n) is 4.98. The Hall–Kier alpha value is -0.900. The normalized spacial score (nSPS) is 28.5. The lowest BCUT2D eigenvalue weighted by Gasteiger charge is -2.43. The molecule has 1 aromatic carbocycles. The van der Waals surface area contributed by atoms with Crippen molar-refractivity contribution in [3.8, 4) is 0 Å². The van der Waals surface area contributed by atoms with Gasteiger partial charge in [-0.1, -0.05) is 31.2 Å². The molecule has 21 heavy (non-hydrogen) atoms. The van der Waals surface area contributed by atoms with Gasteiger partial charge in [0.1, 0.15) is 0 Å². The van der Waals surface area contributed by atoms with Crippen LogP contribution in [0.15, 0.2) is 24.3 Å². The smallest absolute Gasteiger partial charge is 0.0675 e. The quantitative estimate of drug-likeness (QED) is 0.905. The van der Waals surface area contributed by atoms with Gasteiger partial charge >= 0.3 is 0 Å². The molecule has 2 fully saturated rings. The summed E-state index contributed by atoms with van der Waals surface area (Å²) in [7, 11) is 0. The monoisotopic (exact) mass is 288 g/mol. The standard InChI is InChI=1S/C18H28N2O/c1-3-15-12-21-13(2)11-20(15)18(10-19)17-7-5-4-6-16(17)14-8-9-14/h4-7,13-15,18H,3,8-12,19H2,1-2H3. The molecule has 3 nitrogen and oxygen atoms in total. The van der Waals surface area contributed by atoms with Gasteiger partial charge in [-0.25, -0.2) is 0 Å². The summed E-state index contributed by atoms with van der Waals surface area (Å²) in [5.41, 5.74) is 9.19. The predicted octanol–water partition coefficient (Wildman–Crippen LogP) is 3.06. The zero-order chi connectivity index (χ0) is 14.8. The zero-order valence-corrected chi connectivity index (χ0v) is 13.3. The Morgan fingerprint density at radius 2 is 2.10 bits per heavy atom. The molecule has 116 valence electrons. The molecular weight excluding hydrogens is 260 g/mol. The molecule has 0 spiro atoms. The van der Waals surface area contributed by atoms with Gasteiger partial charge in [0.15, 0.2) is 0 Å². The Kier molecular flexibility index (Phi) is 4.63. The van der Waals surface area contributed by atoms with E-state index in [9.17, 15) is 0 Å². The third-order valence-corrected chi connectivity index (χ3v) is 4.98. The van der Waals surface area contributed by atoms with Crippen LogP contribution < -0.4 is 5.73 Å². The SMILES string of the molecule is CCC1COC(C)CN1C(CN)c1ccccc1C1CC1. The van der Waals surface area contributed by atoms with E-state index in [2.05, 4.69) is 43.0 Å². The highest BCUT2D eigenvalue weighted by molar-refractivity contribution is 5.36. The lowest BCUT2D eigenvalue weighted by atomic mass is 9.94. The second-order valence-corrected chi connectivity index (χ2v) is 6.56. The first kappa shape index (κ1) is 15.0. The summed E-state index contributed by atoms with van der Waals surface area (Å²) in [6, 6.07) is 9.75. The lowest BCUT2D eigenvalue weighted by Crippen LogP contribution is -2.51.